The van der Waals surface area contributed by atoms with Gasteiger partial charge in [-0.1, -0.05) is 24.3 Å². The van der Waals surface area contributed by atoms with Crippen LogP contribution in [0.15, 0.2) is 24.8 Å². The van der Waals surface area contributed by atoms with Crippen LogP contribution in [-0.4, -0.2) is 17.7 Å². The molecule has 0 aromatic heterocycles. The molecule has 3 heteroatoms. The second-order valence-corrected chi connectivity index (χ2v) is 2.93. The van der Waals surface area contributed by atoms with Gasteiger partial charge in [-0.2, -0.15) is 0 Å². The minimum atomic E-state index is -0.986. The first-order valence-electron chi connectivity index (χ1n) is 4.21. The lowest BCUT2D eigenvalue weighted by Crippen LogP contribution is -2.10. The maximum Gasteiger partial charge on any atom is 0.341 e. The Bertz CT molecular complexity index is 356. The van der Waals surface area contributed by atoms with Crippen molar-refractivity contribution in [2.45, 2.75) is 6.92 Å². The highest BCUT2D eigenvalue weighted by atomic mass is 16.5. The van der Waals surface area contributed by atoms with Crippen LogP contribution < -0.4 is 4.74 Å². The Kier molecular flexibility index (Phi) is 3.29. The highest BCUT2D eigenvalue weighted by Crippen LogP contribution is 2.20. The van der Waals surface area contributed by atoms with Gasteiger partial charge in [0.1, 0.15) is 5.75 Å². The zero-order chi connectivity index (χ0) is 10.6. The third kappa shape index (κ3) is 2.62. The lowest BCUT2D eigenvalue weighted by molar-refractivity contribution is -0.139. The van der Waals surface area contributed by atoms with E-state index < -0.39 is 5.97 Å². The molecule has 1 aromatic rings. The second kappa shape index (κ2) is 4.46. The predicted molar refractivity (Wildman–Crippen MR) is 54.4 cm³/mol. The van der Waals surface area contributed by atoms with Crippen molar-refractivity contribution in [3.63, 3.8) is 0 Å². The van der Waals surface area contributed by atoms with Crippen LogP contribution >= 0.6 is 0 Å². The number of hydrogen-bond donors (Lipinski definition) is 1. The molecule has 0 saturated heterocycles. The summed E-state index contributed by atoms with van der Waals surface area (Å²) in [5.41, 5.74) is 1.90. The molecule has 0 saturated carbocycles. The van der Waals surface area contributed by atoms with Crippen molar-refractivity contribution in [2.24, 2.45) is 0 Å². The molecule has 0 bridgehead atoms. The van der Waals surface area contributed by atoms with E-state index >= 15 is 0 Å². The third-order valence-electron chi connectivity index (χ3n) is 1.74. The van der Waals surface area contributed by atoms with Crippen molar-refractivity contribution >= 4 is 12.0 Å². The Morgan fingerprint density at radius 1 is 1.64 bits per heavy atom. The van der Waals surface area contributed by atoms with Gasteiger partial charge >= 0.3 is 5.97 Å². The van der Waals surface area contributed by atoms with Gasteiger partial charge in [0.05, 0.1) is 0 Å². The first kappa shape index (κ1) is 10.3. The Labute approximate surface area is 82.6 Å². The van der Waals surface area contributed by atoms with E-state index in [4.69, 9.17) is 9.84 Å². The van der Waals surface area contributed by atoms with E-state index in [0.717, 1.165) is 11.1 Å². The summed E-state index contributed by atoms with van der Waals surface area (Å²) in [6.45, 7) is 5.26. The normalized spacial score (nSPS) is 9.50. The van der Waals surface area contributed by atoms with Gasteiger partial charge in [0, 0.05) is 5.56 Å². The lowest BCUT2D eigenvalue weighted by Gasteiger charge is -2.07. The number of benzene rings is 1. The van der Waals surface area contributed by atoms with E-state index in [1.165, 1.54) is 0 Å². The fourth-order valence-corrected chi connectivity index (χ4v) is 1.10. The van der Waals surface area contributed by atoms with Crippen LogP contribution in [0.2, 0.25) is 0 Å². The minimum Gasteiger partial charge on any atom is -0.481 e. The summed E-state index contributed by atoms with van der Waals surface area (Å²) >= 11 is 0. The molecule has 0 spiro atoms. The molecule has 0 radical (unpaired) electrons. The van der Waals surface area contributed by atoms with Crippen molar-refractivity contribution in [3.05, 3.63) is 35.9 Å². The van der Waals surface area contributed by atoms with Crippen LogP contribution in [0.1, 0.15) is 11.1 Å². The molecule has 0 unspecified atom stereocenters. The average Bonchev–Trinajstić information content (AvgIpc) is 2.15. The molecule has 1 aromatic carbocycles. The molecule has 0 aliphatic carbocycles. The molecular weight excluding hydrogens is 180 g/mol. The first-order chi connectivity index (χ1) is 6.63. The molecule has 1 rings (SSSR count). The number of carboxylic acids is 1. The summed E-state index contributed by atoms with van der Waals surface area (Å²) in [5.74, 6) is -0.436. The minimum absolute atomic E-state index is 0.329. The highest BCUT2D eigenvalue weighted by Gasteiger charge is 2.03. The SMILES string of the molecule is C=Cc1cc(C)ccc1OCC(=O)O. The summed E-state index contributed by atoms with van der Waals surface area (Å²) in [6, 6.07) is 5.50. The maximum absolute atomic E-state index is 10.3. The Balaban J connectivity index is 2.85. The van der Waals surface area contributed by atoms with E-state index in [-0.39, 0.29) is 6.61 Å². The summed E-state index contributed by atoms with van der Waals surface area (Å²) in [4.78, 5) is 10.3. The molecule has 3 nitrogen and oxygen atoms in total. The van der Waals surface area contributed by atoms with Crippen molar-refractivity contribution in [1.29, 1.82) is 0 Å². The number of carboxylic acid groups (broad SMARTS) is 1. The number of aliphatic carboxylic acids is 1. The Hall–Kier alpha value is -1.77. The van der Waals surface area contributed by atoms with Gasteiger partial charge in [-0.25, -0.2) is 4.79 Å². The zero-order valence-electron chi connectivity index (χ0n) is 7.99. The van der Waals surface area contributed by atoms with E-state index in [1.807, 2.05) is 19.1 Å². The van der Waals surface area contributed by atoms with Crippen LogP contribution in [0.3, 0.4) is 0 Å². The quantitative estimate of drug-likeness (QED) is 0.794. The summed E-state index contributed by atoms with van der Waals surface area (Å²) < 4.78 is 5.07. The fourth-order valence-electron chi connectivity index (χ4n) is 1.10. The van der Waals surface area contributed by atoms with Gasteiger partial charge in [-0.05, 0) is 19.1 Å². The Morgan fingerprint density at radius 3 is 2.93 bits per heavy atom. The van der Waals surface area contributed by atoms with Gasteiger partial charge < -0.3 is 9.84 Å². The average molecular weight is 192 g/mol. The summed E-state index contributed by atoms with van der Waals surface area (Å²) in [6.07, 6.45) is 1.64. The molecule has 1 N–H and O–H groups in total. The van der Waals surface area contributed by atoms with E-state index in [0.29, 0.717) is 5.75 Å². The second-order valence-electron chi connectivity index (χ2n) is 2.93. The molecule has 74 valence electrons. The molecule has 0 heterocycles. The number of rotatable bonds is 4. The number of ether oxygens (including phenoxy) is 1. The summed E-state index contributed by atoms with van der Waals surface area (Å²) in [5, 5.41) is 8.44. The molecule has 0 aliphatic rings. The Morgan fingerprint density at radius 2 is 2.36 bits per heavy atom. The molecule has 0 fully saturated rings. The first-order valence-corrected chi connectivity index (χ1v) is 4.21. The molecule has 0 aliphatic heterocycles. The van der Waals surface area contributed by atoms with Crippen molar-refractivity contribution < 1.29 is 14.6 Å². The molecular formula is C11H12O3. The van der Waals surface area contributed by atoms with Crippen molar-refractivity contribution in [3.8, 4) is 5.75 Å². The van der Waals surface area contributed by atoms with Gasteiger partial charge in [-0.3, -0.25) is 0 Å². The number of aryl methyl sites for hydroxylation is 1. The van der Waals surface area contributed by atoms with Gasteiger partial charge in [0.2, 0.25) is 0 Å². The van der Waals surface area contributed by atoms with E-state index in [9.17, 15) is 4.79 Å². The predicted octanol–water partition coefficient (Wildman–Crippen LogP) is 2.10. The number of hydrogen-bond acceptors (Lipinski definition) is 2. The monoisotopic (exact) mass is 192 g/mol. The number of carbonyl (C=O) groups is 1. The third-order valence-corrected chi connectivity index (χ3v) is 1.74. The van der Waals surface area contributed by atoms with Crippen LogP contribution in [0, 0.1) is 6.92 Å². The summed E-state index contributed by atoms with van der Waals surface area (Å²) in [7, 11) is 0. The van der Waals surface area contributed by atoms with Gasteiger partial charge in [-0.15, -0.1) is 0 Å². The van der Waals surface area contributed by atoms with Gasteiger partial charge in [0.15, 0.2) is 6.61 Å². The molecule has 0 amide bonds. The van der Waals surface area contributed by atoms with Crippen molar-refractivity contribution in [2.75, 3.05) is 6.61 Å². The fraction of sp³-hybridized carbons (Fsp3) is 0.182. The highest BCUT2D eigenvalue weighted by molar-refractivity contribution is 5.69. The smallest absolute Gasteiger partial charge is 0.341 e. The topological polar surface area (TPSA) is 46.5 Å². The van der Waals surface area contributed by atoms with Crippen molar-refractivity contribution in [1.82, 2.24) is 0 Å². The lowest BCUT2D eigenvalue weighted by atomic mass is 10.1. The largest absolute Gasteiger partial charge is 0.481 e. The molecule has 0 atom stereocenters. The van der Waals surface area contributed by atoms with Crippen LogP contribution in [-0.2, 0) is 4.79 Å². The van der Waals surface area contributed by atoms with Crippen LogP contribution in [0.4, 0.5) is 0 Å². The van der Waals surface area contributed by atoms with E-state index in [2.05, 4.69) is 6.58 Å². The van der Waals surface area contributed by atoms with Gasteiger partial charge in [0.25, 0.3) is 0 Å². The van der Waals surface area contributed by atoms with E-state index in [1.54, 1.807) is 12.1 Å². The maximum atomic E-state index is 10.3. The zero-order valence-corrected chi connectivity index (χ0v) is 7.99. The molecule has 14 heavy (non-hydrogen) atoms. The van der Waals surface area contributed by atoms with Crippen LogP contribution in [0.25, 0.3) is 6.08 Å². The standard InChI is InChI=1S/C11H12O3/c1-3-9-6-8(2)4-5-10(9)14-7-11(12)13/h3-6H,1,7H2,2H3,(H,12,13). The van der Waals surface area contributed by atoms with Crippen LogP contribution in [0.5, 0.6) is 5.75 Å².